The van der Waals surface area contributed by atoms with Gasteiger partial charge in [0, 0.05) is 24.2 Å². The van der Waals surface area contributed by atoms with Gasteiger partial charge in [0.25, 0.3) is 0 Å². The lowest BCUT2D eigenvalue weighted by molar-refractivity contribution is -0.118. The van der Waals surface area contributed by atoms with Crippen molar-refractivity contribution in [1.29, 1.82) is 0 Å². The van der Waals surface area contributed by atoms with Crippen LogP contribution in [0.1, 0.15) is 115 Å². The van der Waals surface area contributed by atoms with E-state index in [4.69, 9.17) is 4.98 Å². The summed E-state index contributed by atoms with van der Waals surface area (Å²) in [4.78, 5) is 22.8. The first-order valence-electron chi connectivity index (χ1n) is 15.6. The number of rotatable bonds is 5. The molecule has 5 nitrogen and oxygen atoms in total. The van der Waals surface area contributed by atoms with Crippen LogP contribution in [0, 0.1) is 11.8 Å². The Morgan fingerprint density at radius 1 is 0.811 bits per heavy atom. The van der Waals surface area contributed by atoms with Crippen LogP contribution in [0.25, 0.3) is 11.0 Å². The molecule has 2 aliphatic carbocycles. The molecule has 200 valence electrons. The van der Waals surface area contributed by atoms with Crippen LogP contribution >= 0.6 is 0 Å². The topological polar surface area (TPSA) is 41.4 Å². The number of fused-ring (bicyclic) bond motifs is 5. The summed E-state index contributed by atoms with van der Waals surface area (Å²) in [6.45, 7) is 3.30. The van der Waals surface area contributed by atoms with Crippen molar-refractivity contribution in [3.05, 3.63) is 30.1 Å². The van der Waals surface area contributed by atoms with Crippen molar-refractivity contribution in [3.63, 3.8) is 0 Å². The quantitative estimate of drug-likeness (QED) is 0.457. The van der Waals surface area contributed by atoms with E-state index in [1.807, 2.05) is 0 Å². The molecule has 2 saturated carbocycles. The number of piperidine rings is 2. The number of hydrogen-bond acceptors (Lipinski definition) is 4. The van der Waals surface area contributed by atoms with Gasteiger partial charge in [-0.05, 0) is 95.2 Å². The molecule has 2 aromatic rings. The number of likely N-dealkylation sites (tertiary alicyclic amines) is 1. The number of aromatic nitrogens is 2. The summed E-state index contributed by atoms with van der Waals surface area (Å²) in [5.74, 6) is 3.48. The van der Waals surface area contributed by atoms with Gasteiger partial charge in [0.05, 0.1) is 23.6 Å². The highest BCUT2D eigenvalue weighted by atomic mass is 16.1. The Bertz CT molecular complexity index is 1100. The number of carbonyl (C=O) groups is 1. The molecule has 5 aliphatic rings. The van der Waals surface area contributed by atoms with Crippen molar-refractivity contribution < 1.29 is 4.79 Å². The average molecular weight is 503 g/mol. The first-order valence-corrected chi connectivity index (χ1v) is 15.6. The second kappa shape index (κ2) is 10.1. The lowest BCUT2D eigenvalue weighted by atomic mass is 9.73. The molecule has 4 heterocycles. The Morgan fingerprint density at radius 3 is 2.27 bits per heavy atom. The number of hydrogen-bond donors (Lipinski definition) is 0. The van der Waals surface area contributed by atoms with Crippen molar-refractivity contribution in [1.82, 2.24) is 19.4 Å². The second-order valence-corrected chi connectivity index (χ2v) is 13.3. The summed E-state index contributed by atoms with van der Waals surface area (Å²) in [6.07, 6.45) is 19.4. The Morgan fingerprint density at radius 2 is 1.54 bits per heavy atom. The number of para-hydroxylation sites is 2. The van der Waals surface area contributed by atoms with E-state index in [1.165, 1.54) is 88.4 Å². The first-order chi connectivity index (χ1) is 18.1. The summed E-state index contributed by atoms with van der Waals surface area (Å²) in [5.41, 5.74) is 2.45. The maximum atomic E-state index is 12.1. The van der Waals surface area contributed by atoms with Crippen LogP contribution in [0.4, 0.5) is 0 Å². The van der Waals surface area contributed by atoms with Gasteiger partial charge in [0.15, 0.2) is 0 Å². The standard InChI is InChI=1S/C32H46N4O/c1-22(37)21-34-15-7-14-31(34)32-33-29-12-4-5-13-30(29)36(32)28-19-25-10-6-11-26(20-28)35(25)27-17-23-8-2-3-9-24(16-23)18-27/h4-5,12-13,23-28,31H,2-3,6-11,14-21H2,1H3/t23-,24+,25-,26+,27-,28+,31?. The van der Waals surface area contributed by atoms with Gasteiger partial charge in [-0.25, -0.2) is 4.98 Å². The van der Waals surface area contributed by atoms with Crippen LogP contribution in [0.5, 0.6) is 0 Å². The van der Waals surface area contributed by atoms with Gasteiger partial charge >= 0.3 is 0 Å². The predicted octanol–water partition coefficient (Wildman–Crippen LogP) is 6.68. The zero-order valence-electron chi connectivity index (χ0n) is 22.9. The zero-order valence-corrected chi connectivity index (χ0v) is 22.9. The molecule has 0 N–H and O–H groups in total. The third-order valence-electron chi connectivity index (χ3n) is 10.9. The van der Waals surface area contributed by atoms with Gasteiger partial charge in [-0.3, -0.25) is 14.6 Å². The molecule has 0 radical (unpaired) electrons. The van der Waals surface area contributed by atoms with E-state index in [-0.39, 0.29) is 11.8 Å². The van der Waals surface area contributed by atoms with E-state index in [1.54, 1.807) is 6.92 Å². The van der Waals surface area contributed by atoms with E-state index in [9.17, 15) is 4.79 Å². The summed E-state index contributed by atoms with van der Waals surface area (Å²) in [5, 5.41) is 0. The minimum atomic E-state index is 0.269. The van der Waals surface area contributed by atoms with Gasteiger partial charge in [-0.15, -0.1) is 0 Å². The van der Waals surface area contributed by atoms with Crippen molar-refractivity contribution in [3.8, 4) is 0 Å². The van der Waals surface area contributed by atoms with Crippen LogP contribution in [-0.2, 0) is 4.79 Å². The van der Waals surface area contributed by atoms with Crippen molar-refractivity contribution in [2.45, 2.75) is 127 Å². The van der Waals surface area contributed by atoms with Gasteiger partial charge in [0.2, 0.25) is 0 Å². The maximum absolute atomic E-state index is 12.1. The Hall–Kier alpha value is -1.72. The minimum Gasteiger partial charge on any atom is -0.323 e. The lowest BCUT2D eigenvalue weighted by Gasteiger charge is -2.55. The van der Waals surface area contributed by atoms with Gasteiger partial charge in [-0.1, -0.05) is 44.2 Å². The summed E-state index contributed by atoms with van der Waals surface area (Å²) >= 11 is 0. The Kier molecular flexibility index (Phi) is 6.65. The second-order valence-electron chi connectivity index (χ2n) is 13.3. The van der Waals surface area contributed by atoms with Crippen LogP contribution in [-0.4, -0.2) is 56.3 Å². The summed E-state index contributed by atoms with van der Waals surface area (Å²) < 4.78 is 2.67. The van der Waals surface area contributed by atoms with E-state index in [0.717, 1.165) is 54.9 Å². The molecule has 1 aromatic heterocycles. The van der Waals surface area contributed by atoms with Gasteiger partial charge in [-0.2, -0.15) is 0 Å². The molecule has 5 fully saturated rings. The minimum absolute atomic E-state index is 0.269. The number of benzene rings is 1. The van der Waals surface area contributed by atoms with E-state index >= 15 is 0 Å². The highest BCUT2D eigenvalue weighted by Crippen LogP contribution is 2.48. The first kappa shape index (κ1) is 24.3. The van der Waals surface area contributed by atoms with Crippen LogP contribution < -0.4 is 0 Å². The molecule has 3 saturated heterocycles. The predicted molar refractivity (Wildman–Crippen MR) is 149 cm³/mol. The molecule has 0 spiro atoms. The Labute approximate surface area is 223 Å². The van der Waals surface area contributed by atoms with E-state index in [0.29, 0.717) is 12.6 Å². The lowest BCUT2D eigenvalue weighted by Crippen LogP contribution is -2.58. The highest BCUT2D eigenvalue weighted by molar-refractivity contribution is 5.78. The molecule has 7 rings (SSSR count). The number of carbonyl (C=O) groups excluding carboxylic acids is 1. The smallest absolute Gasteiger partial charge is 0.143 e. The monoisotopic (exact) mass is 502 g/mol. The summed E-state index contributed by atoms with van der Waals surface area (Å²) in [7, 11) is 0. The fraction of sp³-hybridized carbons (Fsp3) is 0.750. The van der Waals surface area contributed by atoms with Crippen molar-refractivity contribution >= 4 is 16.8 Å². The molecule has 3 aliphatic heterocycles. The van der Waals surface area contributed by atoms with Crippen LogP contribution in [0.3, 0.4) is 0 Å². The molecule has 7 atom stereocenters. The van der Waals surface area contributed by atoms with Gasteiger partial charge < -0.3 is 4.57 Å². The Balaban J connectivity index is 1.20. The molecule has 0 amide bonds. The fourth-order valence-corrected chi connectivity index (χ4v) is 9.58. The number of nitrogens with zero attached hydrogens (tertiary/aromatic N) is 4. The molecule has 5 heteroatoms. The molecule has 4 bridgehead atoms. The SMILES string of the molecule is CC(=O)CN1CCCC1c1nc2ccccc2n1[C@H]1C[C@H]2CCC[C@@H](C1)N2[C@@H]1C[C@@H]2CCCC[C@@H](C2)C1. The molecular weight excluding hydrogens is 456 g/mol. The van der Waals surface area contributed by atoms with E-state index in [2.05, 4.69) is 38.6 Å². The highest BCUT2D eigenvalue weighted by Gasteiger charge is 2.45. The third kappa shape index (κ3) is 4.58. The van der Waals surface area contributed by atoms with E-state index < -0.39 is 0 Å². The molecule has 1 aromatic carbocycles. The third-order valence-corrected chi connectivity index (χ3v) is 10.9. The van der Waals surface area contributed by atoms with Crippen molar-refractivity contribution in [2.75, 3.05) is 13.1 Å². The zero-order chi connectivity index (χ0) is 24.9. The molecule has 1 unspecified atom stereocenters. The number of Topliss-reactive ketones (excluding diaryl/α,β-unsaturated/α-hetero) is 1. The average Bonchev–Trinajstić information content (AvgIpc) is 3.45. The van der Waals surface area contributed by atoms with Crippen LogP contribution in [0.2, 0.25) is 0 Å². The normalized spacial score (nSPS) is 37.1. The van der Waals surface area contributed by atoms with Crippen LogP contribution in [0.15, 0.2) is 24.3 Å². The molecule has 37 heavy (non-hydrogen) atoms. The maximum Gasteiger partial charge on any atom is 0.143 e. The fourth-order valence-electron chi connectivity index (χ4n) is 9.58. The van der Waals surface area contributed by atoms with Gasteiger partial charge in [0.1, 0.15) is 11.6 Å². The number of ketones is 1. The van der Waals surface area contributed by atoms with Crippen molar-refractivity contribution in [2.24, 2.45) is 11.8 Å². The molecular formula is C32H46N4O. The summed E-state index contributed by atoms with van der Waals surface area (Å²) in [6, 6.07) is 11.9. The largest absolute Gasteiger partial charge is 0.323 e. The number of imidazole rings is 1.